The molecule has 0 heterocycles. The van der Waals surface area contributed by atoms with E-state index in [2.05, 4.69) is 29.5 Å². The third kappa shape index (κ3) is 8.69. The maximum absolute atomic E-state index is 5.58. The summed E-state index contributed by atoms with van der Waals surface area (Å²) in [5, 5.41) is 6.46. The summed E-state index contributed by atoms with van der Waals surface area (Å²) in [6, 6.07) is 9.80. The number of nitrogens with zero attached hydrogens (tertiary/aromatic N) is 1. The first-order chi connectivity index (χ1) is 8.72. The van der Waals surface area contributed by atoms with Gasteiger partial charge in [0.2, 0.25) is 0 Å². The van der Waals surface area contributed by atoms with E-state index in [-0.39, 0.29) is 24.0 Å². The highest BCUT2D eigenvalue weighted by molar-refractivity contribution is 14.0. The molecule has 1 aromatic rings. The molecule has 0 unspecified atom stereocenters. The number of benzene rings is 1. The van der Waals surface area contributed by atoms with Gasteiger partial charge >= 0.3 is 0 Å². The second kappa shape index (κ2) is 10.9. The van der Waals surface area contributed by atoms with Crippen LogP contribution in [0.15, 0.2) is 35.3 Å². The maximum Gasteiger partial charge on any atom is 0.191 e. The highest BCUT2D eigenvalue weighted by Crippen LogP contribution is 2.07. The van der Waals surface area contributed by atoms with Gasteiger partial charge in [0.05, 0.1) is 6.54 Å². The summed E-state index contributed by atoms with van der Waals surface area (Å²) < 4.78 is 5.58. The molecular weight excluding hydrogens is 353 g/mol. The van der Waals surface area contributed by atoms with Gasteiger partial charge in [-0.05, 0) is 18.1 Å². The first kappa shape index (κ1) is 18.0. The van der Waals surface area contributed by atoms with Crippen LogP contribution in [0.3, 0.4) is 0 Å². The van der Waals surface area contributed by atoms with Crippen molar-refractivity contribution in [1.29, 1.82) is 0 Å². The van der Waals surface area contributed by atoms with Crippen LogP contribution >= 0.6 is 24.0 Å². The number of aliphatic imine (C=N–C) groups is 1. The van der Waals surface area contributed by atoms with Crippen molar-refractivity contribution in [2.75, 3.05) is 26.7 Å². The molecule has 108 valence electrons. The molecule has 19 heavy (non-hydrogen) atoms. The molecule has 2 N–H and O–H groups in total. The fourth-order valence-corrected chi connectivity index (χ4v) is 1.38. The molecule has 0 amide bonds. The Morgan fingerprint density at radius 1 is 1.21 bits per heavy atom. The highest BCUT2D eigenvalue weighted by Gasteiger charge is 1.98. The summed E-state index contributed by atoms with van der Waals surface area (Å²) in [6.07, 6.45) is 0. The molecule has 0 bridgehead atoms. The van der Waals surface area contributed by atoms with Gasteiger partial charge in [0, 0.05) is 13.6 Å². The van der Waals surface area contributed by atoms with Gasteiger partial charge in [-0.25, -0.2) is 0 Å². The van der Waals surface area contributed by atoms with E-state index in [0.717, 1.165) is 24.8 Å². The Kier molecular flexibility index (Phi) is 10.3. The lowest BCUT2D eigenvalue weighted by Crippen LogP contribution is -2.40. The zero-order valence-electron chi connectivity index (χ0n) is 11.8. The van der Waals surface area contributed by atoms with E-state index >= 15 is 0 Å². The van der Waals surface area contributed by atoms with Crippen LogP contribution in [-0.4, -0.2) is 32.7 Å². The van der Waals surface area contributed by atoms with Crippen molar-refractivity contribution in [3.05, 3.63) is 30.3 Å². The minimum Gasteiger partial charge on any atom is -0.492 e. The smallest absolute Gasteiger partial charge is 0.191 e. The number of hydrogen-bond donors (Lipinski definition) is 2. The fourth-order valence-electron chi connectivity index (χ4n) is 1.38. The molecule has 0 aliphatic carbocycles. The normalized spacial score (nSPS) is 10.8. The third-order valence-electron chi connectivity index (χ3n) is 2.31. The standard InChI is InChI=1S/C14H23N3O.HI/c1-12(2)11-17-14(15-3)16-9-10-18-13-7-5-4-6-8-13;/h4-8,12H,9-11H2,1-3H3,(H2,15,16,17);1H. The Balaban J connectivity index is 0.00000324. The Morgan fingerprint density at radius 3 is 2.47 bits per heavy atom. The van der Waals surface area contributed by atoms with E-state index in [0.29, 0.717) is 12.5 Å². The van der Waals surface area contributed by atoms with Gasteiger partial charge in [-0.1, -0.05) is 32.0 Å². The summed E-state index contributed by atoms with van der Waals surface area (Å²) in [5.41, 5.74) is 0. The van der Waals surface area contributed by atoms with Crippen LogP contribution in [0.25, 0.3) is 0 Å². The summed E-state index contributed by atoms with van der Waals surface area (Å²) in [5.74, 6) is 2.31. The Bertz CT molecular complexity index is 355. The van der Waals surface area contributed by atoms with E-state index in [4.69, 9.17) is 4.74 Å². The van der Waals surface area contributed by atoms with Gasteiger partial charge < -0.3 is 15.4 Å². The number of para-hydroxylation sites is 1. The highest BCUT2D eigenvalue weighted by atomic mass is 127. The van der Waals surface area contributed by atoms with Crippen molar-refractivity contribution < 1.29 is 4.74 Å². The minimum atomic E-state index is 0. The van der Waals surface area contributed by atoms with E-state index in [1.807, 2.05) is 30.3 Å². The topological polar surface area (TPSA) is 45.7 Å². The molecule has 5 heteroatoms. The SMILES string of the molecule is CN=C(NCCOc1ccccc1)NCC(C)C.I. The van der Waals surface area contributed by atoms with Crippen molar-refractivity contribution in [2.45, 2.75) is 13.8 Å². The van der Waals surface area contributed by atoms with Gasteiger partial charge in [0.15, 0.2) is 5.96 Å². The number of halogens is 1. The maximum atomic E-state index is 5.58. The van der Waals surface area contributed by atoms with Crippen molar-refractivity contribution in [3.63, 3.8) is 0 Å². The van der Waals surface area contributed by atoms with Gasteiger partial charge in [-0.3, -0.25) is 4.99 Å². The number of ether oxygens (including phenoxy) is 1. The second-order valence-electron chi connectivity index (χ2n) is 4.44. The van der Waals surface area contributed by atoms with Crippen molar-refractivity contribution in [1.82, 2.24) is 10.6 Å². The number of hydrogen-bond acceptors (Lipinski definition) is 2. The largest absolute Gasteiger partial charge is 0.492 e. The van der Waals surface area contributed by atoms with Crippen LogP contribution in [0, 0.1) is 5.92 Å². The zero-order chi connectivity index (χ0) is 13.2. The van der Waals surface area contributed by atoms with Crippen LogP contribution in [-0.2, 0) is 0 Å². The van der Waals surface area contributed by atoms with Crippen LogP contribution < -0.4 is 15.4 Å². The van der Waals surface area contributed by atoms with Crippen LogP contribution in [0.5, 0.6) is 5.75 Å². The second-order valence-corrected chi connectivity index (χ2v) is 4.44. The third-order valence-corrected chi connectivity index (χ3v) is 2.31. The predicted molar refractivity (Wildman–Crippen MR) is 91.6 cm³/mol. The van der Waals surface area contributed by atoms with E-state index in [9.17, 15) is 0 Å². The molecule has 1 aromatic carbocycles. The molecule has 0 spiro atoms. The lowest BCUT2D eigenvalue weighted by atomic mass is 10.2. The average molecular weight is 377 g/mol. The molecule has 1 rings (SSSR count). The molecule has 0 radical (unpaired) electrons. The lowest BCUT2D eigenvalue weighted by Gasteiger charge is -2.13. The Morgan fingerprint density at radius 2 is 1.89 bits per heavy atom. The van der Waals surface area contributed by atoms with Crippen LogP contribution in [0.1, 0.15) is 13.8 Å². The van der Waals surface area contributed by atoms with Gasteiger partial charge in [0.1, 0.15) is 12.4 Å². The first-order valence-electron chi connectivity index (χ1n) is 6.34. The zero-order valence-corrected chi connectivity index (χ0v) is 14.2. The fraction of sp³-hybridized carbons (Fsp3) is 0.500. The lowest BCUT2D eigenvalue weighted by molar-refractivity contribution is 0.322. The summed E-state index contributed by atoms with van der Waals surface area (Å²) in [4.78, 5) is 4.14. The summed E-state index contributed by atoms with van der Waals surface area (Å²) >= 11 is 0. The molecule has 0 saturated carbocycles. The molecule has 4 nitrogen and oxygen atoms in total. The molecule has 0 aromatic heterocycles. The Hall–Kier alpha value is -0.980. The van der Waals surface area contributed by atoms with E-state index < -0.39 is 0 Å². The first-order valence-corrected chi connectivity index (χ1v) is 6.34. The van der Waals surface area contributed by atoms with E-state index in [1.54, 1.807) is 7.05 Å². The number of guanidine groups is 1. The molecule has 0 fully saturated rings. The molecule has 0 aliphatic heterocycles. The summed E-state index contributed by atoms with van der Waals surface area (Å²) in [6.45, 7) is 6.59. The van der Waals surface area contributed by atoms with Gasteiger partial charge in [-0.15, -0.1) is 24.0 Å². The molecule has 0 atom stereocenters. The number of rotatable bonds is 6. The quantitative estimate of drug-likeness (QED) is 0.347. The van der Waals surface area contributed by atoms with Gasteiger partial charge in [0.25, 0.3) is 0 Å². The number of nitrogens with one attached hydrogen (secondary N) is 2. The average Bonchev–Trinajstić information content (AvgIpc) is 2.39. The minimum absolute atomic E-state index is 0. The molecule has 0 aliphatic rings. The predicted octanol–water partition coefficient (Wildman–Crippen LogP) is 2.50. The summed E-state index contributed by atoms with van der Waals surface area (Å²) in [7, 11) is 1.77. The molecular formula is C14H24IN3O. The van der Waals surface area contributed by atoms with Crippen LogP contribution in [0.2, 0.25) is 0 Å². The van der Waals surface area contributed by atoms with Crippen molar-refractivity contribution in [2.24, 2.45) is 10.9 Å². The van der Waals surface area contributed by atoms with Gasteiger partial charge in [-0.2, -0.15) is 0 Å². The van der Waals surface area contributed by atoms with E-state index in [1.165, 1.54) is 0 Å². The monoisotopic (exact) mass is 377 g/mol. The Labute approximate surface area is 133 Å². The molecule has 0 saturated heterocycles. The van der Waals surface area contributed by atoms with Crippen molar-refractivity contribution >= 4 is 29.9 Å². The van der Waals surface area contributed by atoms with Crippen molar-refractivity contribution in [3.8, 4) is 5.75 Å². The van der Waals surface area contributed by atoms with Crippen LogP contribution in [0.4, 0.5) is 0 Å².